The fraction of sp³-hybridized carbons (Fsp3) is 0.714. The Balaban J connectivity index is 3.49. The molecule has 26 heavy (non-hydrogen) atoms. The Hall–Kier alpha value is -0.830. The average molecular weight is 384 g/mol. The minimum absolute atomic E-state index is 0.190. The van der Waals surface area contributed by atoms with Gasteiger partial charge in [0.05, 0.1) is 18.4 Å². The molecular formula is C21H37O4P. The van der Waals surface area contributed by atoms with Crippen LogP contribution in [-0.2, 0) is 30.6 Å². The second-order valence-electron chi connectivity index (χ2n) is 9.62. The van der Waals surface area contributed by atoms with Crippen LogP contribution in [0.4, 0.5) is 0 Å². The van der Waals surface area contributed by atoms with Crippen molar-refractivity contribution in [1.29, 1.82) is 0 Å². The Labute approximate surface area is 159 Å². The topological polar surface area (TPSA) is 55.8 Å². The molecule has 0 heterocycles. The second-order valence-corrected chi connectivity index (χ2v) is 11.6. The molecule has 0 aliphatic rings. The van der Waals surface area contributed by atoms with Crippen molar-refractivity contribution in [3.8, 4) is 5.75 Å². The van der Waals surface area contributed by atoms with Gasteiger partial charge in [-0.3, -0.25) is 4.57 Å². The van der Waals surface area contributed by atoms with Crippen molar-refractivity contribution < 1.29 is 18.7 Å². The van der Waals surface area contributed by atoms with Gasteiger partial charge in [0, 0.05) is 0 Å². The van der Waals surface area contributed by atoms with Gasteiger partial charge in [-0.2, -0.15) is 0 Å². The number of benzene rings is 1. The van der Waals surface area contributed by atoms with Crippen LogP contribution in [0.25, 0.3) is 0 Å². The highest BCUT2D eigenvalue weighted by molar-refractivity contribution is 7.53. The first-order valence-corrected chi connectivity index (χ1v) is 11.1. The summed E-state index contributed by atoms with van der Waals surface area (Å²) in [5.41, 5.74) is 2.09. The first-order chi connectivity index (χ1) is 11.5. The molecule has 0 aliphatic heterocycles. The van der Waals surface area contributed by atoms with Crippen LogP contribution in [0.2, 0.25) is 0 Å². The van der Waals surface area contributed by atoms with Gasteiger partial charge in [0.2, 0.25) is 0 Å². The van der Waals surface area contributed by atoms with Gasteiger partial charge in [-0.15, -0.1) is 0 Å². The molecule has 0 amide bonds. The van der Waals surface area contributed by atoms with Gasteiger partial charge in [0.25, 0.3) is 0 Å². The van der Waals surface area contributed by atoms with Crippen LogP contribution in [0.15, 0.2) is 12.1 Å². The van der Waals surface area contributed by atoms with Crippen molar-refractivity contribution in [1.82, 2.24) is 0 Å². The summed E-state index contributed by atoms with van der Waals surface area (Å²) < 4.78 is 24.7. The third kappa shape index (κ3) is 6.40. The van der Waals surface area contributed by atoms with Gasteiger partial charge in [-0.1, -0.05) is 53.7 Å². The maximum absolute atomic E-state index is 13.3. The molecule has 0 aliphatic carbocycles. The highest BCUT2D eigenvalue weighted by Crippen LogP contribution is 2.54. The second kappa shape index (κ2) is 8.04. The predicted molar refractivity (Wildman–Crippen MR) is 109 cm³/mol. The van der Waals surface area contributed by atoms with Crippen LogP contribution < -0.4 is 0 Å². The maximum atomic E-state index is 13.3. The quantitative estimate of drug-likeness (QED) is 0.567. The van der Waals surface area contributed by atoms with E-state index in [4.69, 9.17) is 9.05 Å². The lowest BCUT2D eigenvalue weighted by Gasteiger charge is -2.29. The normalized spacial score (nSPS) is 13.7. The largest absolute Gasteiger partial charge is 0.507 e. The molecular weight excluding hydrogens is 347 g/mol. The smallest absolute Gasteiger partial charge is 0.335 e. The molecule has 5 heteroatoms. The summed E-state index contributed by atoms with van der Waals surface area (Å²) in [6.45, 7) is 19.8. The van der Waals surface area contributed by atoms with Gasteiger partial charge in [-0.25, -0.2) is 0 Å². The summed E-state index contributed by atoms with van der Waals surface area (Å²) in [6.07, 6.45) is -0.197. The molecule has 0 spiro atoms. The van der Waals surface area contributed by atoms with Crippen LogP contribution in [0.3, 0.4) is 0 Å². The highest BCUT2D eigenvalue weighted by atomic mass is 31.2. The number of phenols is 1. The van der Waals surface area contributed by atoms with E-state index in [2.05, 4.69) is 41.5 Å². The number of aromatic hydroxyl groups is 1. The molecule has 150 valence electrons. The van der Waals surface area contributed by atoms with E-state index in [0.717, 1.165) is 16.7 Å². The zero-order valence-electron chi connectivity index (χ0n) is 18.1. The zero-order chi connectivity index (χ0) is 20.5. The van der Waals surface area contributed by atoms with E-state index in [1.54, 1.807) is 0 Å². The lowest BCUT2D eigenvalue weighted by Crippen LogP contribution is -2.18. The van der Waals surface area contributed by atoms with Crippen molar-refractivity contribution in [2.45, 2.75) is 98.4 Å². The monoisotopic (exact) mass is 384 g/mol. The molecule has 1 aromatic carbocycles. The Morgan fingerprint density at radius 2 is 1.23 bits per heavy atom. The molecule has 1 N–H and O–H groups in total. The van der Waals surface area contributed by atoms with Crippen LogP contribution >= 0.6 is 7.60 Å². The first-order valence-electron chi connectivity index (χ1n) is 9.38. The van der Waals surface area contributed by atoms with Crippen LogP contribution in [0, 0.1) is 0 Å². The Kier molecular flexibility index (Phi) is 7.18. The number of hydrogen-bond acceptors (Lipinski definition) is 4. The molecule has 0 aromatic heterocycles. The zero-order valence-corrected chi connectivity index (χ0v) is 19.0. The summed E-state index contributed by atoms with van der Waals surface area (Å²) in [6, 6.07) is 3.87. The summed E-state index contributed by atoms with van der Waals surface area (Å²) in [5.74, 6) is 0.318. The Morgan fingerprint density at radius 3 is 1.50 bits per heavy atom. The van der Waals surface area contributed by atoms with Gasteiger partial charge < -0.3 is 14.2 Å². The minimum Gasteiger partial charge on any atom is -0.507 e. The average Bonchev–Trinajstić information content (AvgIpc) is 2.35. The standard InChI is InChI=1S/C21H37O4P/c1-14(2)24-26(23,25-15(3)4)13-16-11-17(20(5,6)7)19(22)18(12-16)21(8,9)10/h11-12,14-15,22H,13H2,1-10H3. The summed E-state index contributed by atoms with van der Waals surface area (Å²) >= 11 is 0. The molecule has 0 bridgehead atoms. The van der Waals surface area contributed by atoms with E-state index >= 15 is 0 Å². The van der Waals surface area contributed by atoms with Crippen molar-refractivity contribution in [2.75, 3.05) is 0 Å². The van der Waals surface area contributed by atoms with E-state index in [1.807, 2.05) is 39.8 Å². The molecule has 1 aromatic rings. The van der Waals surface area contributed by atoms with Gasteiger partial charge in [0.1, 0.15) is 5.75 Å². The van der Waals surface area contributed by atoms with E-state index in [9.17, 15) is 9.67 Å². The highest BCUT2D eigenvalue weighted by Gasteiger charge is 2.31. The number of rotatable bonds is 6. The Morgan fingerprint density at radius 1 is 0.885 bits per heavy atom. The number of phenolic OH excluding ortho intramolecular Hbond substituents is 1. The maximum Gasteiger partial charge on any atom is 0.335 e. The van der Waals surface area contributed by atoms with Crippen molar-refractivity contribution >= 4 is 7.60 Å². The summed E-state index contributed by atoms with van der Waals surface area (Å²) in [7, 11) is -3.29. The van der Waals surface area contributed by atoms with Gasteiger partial charge in [-0.05, 0) is 55.2 Å². The lowest BCUT2D eigenvalue weighted by atomic mass is 9.78. The lowest BCUT2D eigenvalue weighted by molar-refractivity contribution is 0.141. The van der Waals surface area contributed by atoms with E-state index in [1.165, 1.54) is 0 Å². The summed E-state index contributed by atoms with van der Waals surface area (Å²) in [4.78, 5) is 0. The van der Waals surface area contributed by atoms with Gasteiger partial charge >= 0.3 is 7.60 Å². The third-order valence-electron chi connectivity index (χ3n) is 3.90. The SMILES string of the molecule is CC(C)OP(=O)(Cc1cc(C(C)(C)C)c(O)c(C(C)(C)C)c1)OC(C)C. The first kappa shape index (κ1) is 23.2. The van der Waals surface area contributed by atoms with Crippen molar-refractivity contribution in [2.24, 2.45) is 0 Å². The van der Waals surface area contributed by atoms with E-state index in [-0.39, 0.29) is 29.2 Å². The van der Waals surface area contributed by atoms with Crippen LogP contribution in [-0.4, -0.2) is 17.3 Å². The molecule has 4 nitrogen and oxygen atoms in total. The molecule has 0 radical (unpaired) electrons. The van der Waals surface area contributed by atoms with Crippen LogP contribution in [0.1, 0.15) is 85.9 Å². The molecule has 0 unspecified atom stereocenters. The molecule has 1 rings (SSSR count). The van der Waals surface area contributed by atoms with Gasteiger partial charge in [0.15, 0.2) is 0 Å². The molecule has 0 saturated heterocycles. The minimum atomic E-state index is -3.29. The van der Waals surface area contributed by atoms with Crippen molar-refractivity contribution in [3.05, 3.63) is 28.8 Å². The molecule has 0 atom stereocenters. The fourth-order valence-corrected chi connectivity index (χ4v) is 5.01. The molecule has 0 saturated carbocycles. The summed E-state index contributed by atoms with van der Waals surface area (Å²) in [5, 5.41) is 10.8. The number of hydrogen-bond donors (Lipinski definition) is 1. The fourth-order valence-electron chi connectivity index (χ4n) is 2.89. The van der Waals surface area contributed by atoms with Crippen molar-refractivity contribution in [3.63, 3.8) is 0 Å². The molecule has 0 fully saturated rings. The van der Waals surface area contributed by atoms with E-state index in [0.29, 0.717) is 5.75 Å². The van der Waals surface area contributed by atoms with Crippen LogP contribution in [0.5, 0.6) is 5.75 Å². The predicted octanol–water partition coefficient (Wildman–Crippen LogP) is 6.53. The van der Waals surface area contributed by atoms with E-state index < -0.39 is 7.60 Å². The Bertz CT molecular complexity index is 615. The third-order valence-corrected chi connectivity index (χ3v) is 6.14.